The summed E-state index contributed by atoms with van der Waals surface area (Å²) in [5, 5.41) is 0.570. The fourth-order valence-electron chi connectivity index (χ4n) is 4.62. The first kappa shape index (κ1) is 23.7. The summed E-state index contributed by atoms with van der Waals surface area (Å²) >= 11 is 0. The summed E-state index contributed by atoms with van der Waals surface area (Å²) in [7, 11) is 0. The minimum Gasteiger partial charge on any atom is -0.353 e. The number of rotatable bonds is 4. The topological polar surface area (TPSA) is 84.2 Å². The highest BCUT2D eigenvalue weighted by atomic mass is 16.2. The van der Waals surface area contributed by atoms with Gasteiger partial charge in [0, 0.05) is 49.4 Å². The molecule has 0 bridgehead atoms. The molecule has 184 valence electrons. The van der Waals surface area contributed by atoms with Crippen LogP contribution in [0.15, 0.2) is 59.4 Å². The first-order valence-electron chi connectivity index (χ1n) is 12.3. The van der Waals surface area contributed by atoms with Gasteiger partial charge in [0.15, 0.2) is 0 Å². The van der Waals surface area contributed by atoms with E-state index in [1.165, 1.54) is 0 Å². The van der Waals surface area contributed by atoms with Gasteiger partial charge < -0.3 is 9.80 Å². The second kappa shape index (κ2) is 9.53. The maximum atomic E-state index is 13.2. The number of nitrogens with zero attached hydrogens (tertiary/aromatic N) is 6. The molecular weight excluding hydrogens is 452 g/mol. The Morgan fingerprint density at radius 3 is 2.28 bits per heavy atom. The molecule has 1 saturated heterocycles. The van der Waals surface area contributed by atoms with E-state index in [0.717, 1.165) is 30.4 Å². The van der Waals surface area contributed by atoms with Crippen molar-refractivity contribution in [1.29, 1.82) is 0 Å². The van der Waals surface area contributed by atoms with E-state index in [4.69, 9.17) is 4.98 Å². The molecule has 1 aliphatic heterocycles. The van der Waals surface area contributed by atoms with Crippen molar-refractivity contribution in [2.24, 2.45) is 0 Å². The molecule has 3 heterocycles. The molecule has 0 saturated carbocycles. The molecule has 8 nitrogen and oxygen atoms in total. The normalized spacial score (nSPS) is 14.0. The zero-order valence-electron chi connectivity index (χ0n) is 21.1. The number of aromatic nitrogens is 4. The molecule has 2 aromatic heterocycles. The van der Waals surface area contributed by atoms with E-state index in [1.807, 2.05) is 55.1 Å². The summed E-state index contributed by atoms with van der Waals surface area (Å²) in [6.07, 6.45) is 0. The number of piperazine rings is 1. The van der Waals surface area contributed by atoms with Crippen LogP contribution in [0.5, 0.6) is 0 Å². The van der Waals surface area contributed by atoms with Gasteiger partial charge in [-0.25, -0.2) is 15.0 Å². The molecule has 8 heteroatoms. The molecule has 1 amide bonds. The van der Waals surface area contributed by atoms with Crippen molar-refractivity contribution in [3.8, 4) is 5.69 Å². The van der Waals surface area contributed by atoms with Crippen molar-refractivity contribution in [3.63, 3.8) is 0 Å². The monoisotopic (exact) mass is 482 g/mol. The lowest BCUT2D eigenvalue weighted by Crippen LogP contribution is -2.49. The maximum Gasteiger partial charge on any atom is 0.265 e. The summed E-state index contributed by atoms with van der Waals surface area (Å²) in [6.45, 7) is 10.7. The molecule has 1 fully saturated rings. The standard InChI is InChI=1S/C28H30N6O2/c1-18(2)26-29-19(3)17-25(31-26)32-13-15-33(16-14-32)27(35)21-9-11-22(12-10-21)34-20(4)30-24-8-6-5-7-23(24)28(34)36/h5-12,17-18H,13-16H2,1-4H3. The summed E-state index contributed by atoms with van der Waals surface area (Å²) in [4.78, 5) is 44.2. The van der Waals surface area contributed by atoms with Gasteiger partial charge in [-0.05, 0) is 50.2 Å². The molecule has 1 aliphatic rings. The molecule has 36 heavy (non-hydrogen) atoms. The Labute approximate surface area is 210 Å². The molecule has 0 atom stereocenters. The van der Waals surface area contributed by atoms with Gasteiger partial charge in [0.2, 0.25) is 0 Å². The molecule has 4 aromatic rings. The predicted molar refractivity (Wildman–Crippen MR) is 141 cm³/mol. The predicted octanol–water partition coefficient (Wildman–Crippen LogP) is 3.88. The lowest BCUT2D eigenvalue weighted by Gasteiger charge is -2.35. The van der Waals surface area contributed by atoms with Crippen LogP contribution in [-0.4, -0.2) is 56.5 Å². The number of carbonyl (C=O) groups is 1. The number of fused-ring (bicyclic) bond motifs is 1. The summed E-state index contributed by atoms with van der Waals surface area (Å²) < 4.78 is 1.59. The molecule has 5 rings (SSSR count). The Morgan fingerprint density at radius 2 is 1.58 bits per heavy atom. The Kier molecular flexibility index (Phi) is 6.26. The zero-order chi connectivity index (χ0) is 25.4. The number of amides is 1. The van der Waals surface area contributed by atoms with Gasteiger partial charge in [0.25, 0.3) is 11.5 Å². The second-order valence-corrected chi connectivity index (χ2v) is 9.52. The van der Waals surface area contributed by atoms with E-state index in [0.29, 0.717) is 41.1 Å². The minimum absolute atomic E-state index is 0.0105. The van der Waals surface area contributed by atoms with Crippen molar-refractivity contribution in [2.45, 2.75) is 33.6 Å². The SMILES string of the molecule is Cc1cc(N2CCN(C(=O)c3ccc(-n4c(C)nc5ccccc5c4=O)cc3)CC2)nc(C(C)C)n1. The number of hydrogen-bond donors (Lipinski definition) is 0. The number of hydrogen-bond acceptors (Lipinski definition) is 6. The van der Waals surface area contributed by atoms with Crippen molar-refractivity contribution in [1.82, 2.24) is 24.4 Å². The Balaban J connectivity index is 1.31. The Morgan fingerprint density at radius 1 is 0.889 bits per heavy atom. The van der Waals surface area contributed by atoms with Crippen molar-refractivity contribution >= 4 is 22.6 Å². The molecule has 0 N–H and O–H groups in total. The fourth-order valence-corrected chi connectivity index (χ4v) is 4.62. The third-order valence-corrected chi connectivity index (χ3v) is 6.58. The van der Waals surface area contributed by atoms with Crippen LogP contribution in [0.3, 0.4) is 0 Å². The van der Waals surface area contributed by atoms with Crippen LogP contribution in [0.4, 0.5) is 5.82 Å². The van der Waals surface area contributed by atoms with E-state index in [9.17, 15) is 9.59 Å². The number of para-hydroxylation sites is 1. The van der Waals surface area contributed by atoms with Crippen LogP contribution in [-0.2, 0) is 0 Å². The van der Waals surface area contributed by atoms with Crippen LogP contribution in [0.1, 0.15) is 47.5 Å². The van der Waals surface area contributed by atoms with Crippen LogP contribution in [0, 0.1) is 13.8 Å². The van der Waals surface area contributed by atoms with Crippen LogP contribution < -0.4 is 10.5 Å². The van der Waals surface area contributed by atoms with E-state index in [2.05, 4.69) is 28.7 Å². The average Bonchev–Trinajstić information content (AvgIpc) is 2.88. The van der Waals surface area contributed by atoms with Gasteiger partial charge in [0.05, 0.1) is 16.6 Å². The van der Waals surface area contributed by atoms with Gasteiger partial charge in [-0.3, -0.25) is 14.2 Å². The number of anilines is 1. The number of aryl methyl sites for hydroxylation is 2. The van der Waals surface area contributed by atoms with Crippen LogP contribution >= 0.6 is 0 Å². The highest BCUT2D eigenvalue weighted by Crippen LogP contribution is 2.20. The summed E-state index contributed by atoms with van der Waals surface area (Å²) in [6, 6.07) is 16.5. The van der Waals surface area contributed by atoms with E-state index in [1.54, 1.807) is 22.8 Å². The van der Waals surface area contributed by atoms with Gasteiger partial charge >= 0.3 is 0 Å². The first-order chi connectivity index (χ1) is 17.3. The van der Waals surface area contributed by atoms with Crippen LogP contribution in [0.25, 0.3) is 16.6 Å². The number of carbonyl (C=O) groups excluding carboxylic acids is 1. The van der Waals surface area contributed by atoms with Gasteiger partial charge in [-0.2, -0.15) is 0 Å². The van der Waals surface area contributed by atoms with E-state index in [-0.39, 0.29) is 17.4 Å². The lowest BCUT2D eigenvalue weighted by atomic mass is 10.1. The molecule has 0 aliphatic carbocycles. The fraction of sp³-hybridized carbons (Fsp3) is 0.321. The van der Waals surface area contributed by atoms with Crippen LogP contribution in [0.2, 0.25) is 0 Å². The lowest BCUT2D eigenvalue weighted by molar-refractivity contribution is 0.0746. The van der Waals surface area contributed by atoms with Gasteiger partial charge in [-0.15, -0.1) is 0 Å². The van der Waals surface area contributed by atoms with Gasteiger partial charge in [0.1, 0.15) is 17.5 Å². The second-order valence-electron chi connectivity index (χ2n) is 9.52. The molecular formula is C28H30N6O2. The molecule has 2 aromatic carbocycles. The minimum atomic E-state index is -0.117. The quantitative estimate of drug-likeness (QED) is 0.439. The maximum absolute atomic E-state index is 13.2. The van der Waals surface area contributed by atoms with Crippen molar-refractivity contribution in [2.75, 3.05) is 31.1 Å². The van der Waals surface area contributed by atoms with Gasteiger partial charge in [-0.1, -0.05) is 26.0 Å². The summed E-state index contributed by atoms with van der Waals surface area (Å²) in [5.74, 6) is 2.63. The smallest absolute Gasteiger partial charge is 0.265 e. The van der Waals surface area contributed by atoms with Crippen molar-refractivity contribution in [3.05, 3.63) is 87.9 Å². The largest absolute Gasteiger partial charge is 0.353 e. The Bertz CT molecular complexity index is 1480. The number of benzene rings is 2. The van der Waals surface area contributed by atoms with E-state index < -0.39 is 0 Å². The van der Waals surface area contributed by atoms with Crippen molar-refractivity contribution < 1.29 is 4.79 Å². The third kappa shape index (κ3) is 4.46. The molecule has 0 unspecified atom stereocenters. The first-order valence-corrected chi connectivity index (χ1v) is 12.3. The summed E-state index contributed by atoms with van der Waals surface area (Å²) in [5.41, 5.74) is 2.82. The Hall–Kier alpha value is -4.07. The average molecular weight is 483 g/mol. The highest BCUT2D eigenvalue weighted by molar-refractivity contribution is 5.94. The molecule has 0 radical (unpaired) electrons. The third-order valence-electron chi connectivity index (χ3n) is 6.58. The highest BCUT2D eigenvalue weighted by Gasteiger charge is 2.24. The molecule has 0 spiro atoms. The zero-order valence-corrected chi connectivity index (χ0v) is 21.1. The van der Waals surface area contributed by atoms with E-state index >= 15 is 0 Å².